The van der Waals surface area contributed by atoms with E-state index in [0.717, 1.165) is 19.4 Å². The van der Waals surface area contributed by atoms with Crippen molar-refractivity contribution in [2.45, 2.75) is 39.2 Å². The van der Waals surface area contributed by atoms with Gasteiger partial charge in [0.05, 0.1) is 12.0 Å². The van der Waals surface area contributed by atoms with E-state index < -0.39 is 5.92 Å². The smallest absolute Gasteiger partial charge is 0.233 e. The second kappa shape index (κ2) is 7.20. The van der Waals surface area contributed by atoms with Crippen LogP contribution in [0.2, 0.25) is 0 Å². The van der Waals surface area contributed by atoms with E-state index >= 15 is 0 Å². The van der Waals surface area contributed by atoms with E-state index in [-0.39, 0.29) is 17.8 Å². The fourth-order valence-corrected chi connectivity index (χ4v) is 2.31. The lowest BCUT2D eigenvalue weighted by atomic mass is 10.0. The molecule has 6 nitrogen and oxygen atoms in total. The minimum atomic E-state index is -0.532. The highest BCUT2D eigenvalue weighted by Gasteiger charge is 2.30. The number of amides is 1. The van der Waals surface area contributed by atoms with Crippen LogP contribution in [0.25, 0.3) is 0 Å². The standard InChI is InChI=1S/C12H23N3O3/c1-3-10(11(13)14-17)12(16)15-7-5-6-9(8-15)18-4-2/h9-10,17H,3-8H2,1-2H3,(H2,13,14). The van der Waals surface area contributed by atoms with Gasteiger partial charge in [0.2, 0.25) is 5.91 Å². The summed E-state index contributed by atoms with van der Waals surface area (Å²) in [5, 5.41) is 11.6. The van der Waals surface area contributed by atoms with Gasteiger partial charge in [-0.15, -0.1) is 0 Å². The number of nitrogens with two attached hydrogens (primary N) is 1. The molecule has 1 saturated heterocycles. The van der Waals surface area contributed by atoms with Gasteiger partial charge in [-0.2, -0.15) is 0 Å². The molecule has 2 unspecified atom stereocenters. The number of nitrogens with zero attached hydrogens (tertiary/aromatic N) is 2. The van der Waals surface area contributed by atoms with Gasteiger partial charge in [0.1, 0.15) is 0 Å². The molecule has 3 N–H and O–H groups in total. The van der Waals surface area contributed by atoms with E-state index in [9.17, 15) is 4.79 Å². The lowest BCUT2D eigenvalue weighted by Gasteiger charge is -2.34. The van der Waals surface area contributed by atoms with Crippen molar-refractivity contribution in [1.82, 2.24) is 4.90 Å². The van der Waals surface area contributed by atoms with Crippen LogP contribution in [0.15, 0.2) is 5.16 Å². The zero-order valence-corrected chi connectivity index (χ0v) is 11.1. The van der Waals surface area contributed by atoms with E-state index in [1.807, 2.05) is 13.8 Å². The van der Waals surface area contributed by atoms with E-state index in [4.69, 9.17) is 15.7 Å². The first-order valence-electron chi connectivity index (χ1n) is 6.51. The zero-order valence-electron chi connectivity index (χ0n) is 11.1. The number of oxime groups is 1. The Balaban J connectivity index is 2.64. The van der Waals surface area contributed by atoms with Crippen LogP contribution < -0.4 is 5.73 Å². The summed E-state index contributed by atoms with van der Waals surface area (Å²) >= 11 is 0. The van der Waals surface area contributed by atoms with Gasteiger partial charge < -0.3 is 20.6 Å². The van der Waals surface area contributed by atoms with Crippen molar-refractivity contribution >= 4 is 11.7 Å². The van der Waals surface area contributed by atoms with Crippen molar-refractivity contribution in [2.75, 3.05) is 19.7 Å². The number of carbonyl (C=O) groups excluding carboxylic acids is 1. The van der Waals surface area contributed by atoms with E-state index in [1.165, 1.54) is 0 Å². The first-order chi connectivity index (χ1) is 8.63. The van der Waals surface area contributed by atoms with Crippen LogP contribution in [0.1, 0.15) is 33.1 Å². The van der Waals surface area contributed by atoms with Gasteiger partial charge in [0, 0.05) is 19.7 Å². The first kappa shape index (κ1) is 14.8. The molecule has 1 aliphatic rings. The van der Waals surface area contributed by atoms with Gasteiger partial charge in [-0.25, -0.2) is 0 Å². The molecule has 1 rings (SSSR count). The summed E-state index contributed by atoms with van der Waals surface area (Å²) in [5.41, 5.74) is 5.55. The Hall–Kier alpha value is -1.30. The molecule has 0 bridgehead atoms. The predicted octanol–water partition coefficient (Wildman–Crippen LogP) is 0.786. The minimum absolute atomic E-state index is 0.0129. The number of likely N-dealkylation sites (tertiary alicyclic amines) is 1. The van der Waals surface area contributed by atoms with Crippen molar-refractivity contribution in [3.8, 4) is 0 Å². The molecule has 0 radical (unpaired) electrons. The lowest BCUT2D eigenvalue weighted by Crippen LogP contribution is -2.48. The number of piperidine rings is 1. The number of hydrogen-bond donors (Lipinski definition) is 2. The molecule has 0 aromatic heterocycles. The second-order valence-corrected chi connectivity index (χ2v) is 4.49. The van der Waals surface area contributed by atoms with Crippen LogP contribution >= 0.6 is 0 Å². The average molecular weight is 257 g/mol. The summed E-state index contributed by atoms with van der Waals surface area (Å²) in [6.45, 7) is 5.78. The fraction of sp³-hybridized carbons (Fsp3) is 0.833. The summed E-state index contributed by atoms with van der Waals surface area (Å²) in [4.78, 5) is 14.0. The van der Waals surface area contributed by atoms with Gasteiger partial charge in [0.15, 0.2) is 5.84 Å². The van der Waals surface area contributed by atoms with Crippen LogP contribution in [0.5, 0.6) is 0 Å². The predicted molar refractivity (Wildman–Crippen MR) is 68.4 cm³/mol. The Bertz CT molecular complexity index is 305. The van der Waals surface area contributed by atoms with Crippen molar-refractivity contribution in [3.05, 3.63) is 0 Å². The molecule has 0 aromatic carbocycles. The molecular weight excluding hydrogens is 234 g/mol. The van der Waals surface area contributed by atoms with Crippen LogP contribution in [0, 0.1) is 5.92 Å². The Morgan fingerprint density at radius 1 is 1.61 bits per heavy atom. The maximum Gasteiger partial charge on any atom is 0.233 e. The first-order valence-corrected chi connectivity index (χ1v) is 6.51. The van der Waals surface area contributed by atoms with Crippen LogP contribution in [0.4, 0.5) is 0 Å². The van der Waals surface area contributed by atoms with Gasteiger partial charge in [-0.3, -0.25) is 4.79 Å². The van der Waals surface area contributed by atoms with Crippen LogP contribution in [0.3, 0.4) is 0 Å². The highest BCUT2D eigenvalue weighted by molar-refractivity contribution is 6.02. The highest BCUT2D eigenvalue weighted by atomic mass is 16.5. The van der Waals surface area contributed by atoms with Gasteiger partial charge in [-0.05, 0) is 26.2 Å². The summed E-state index contributed by atoms with van der Waals surface area (Å²) in [6, 6.07) is 0. The SMILES string of the molecule is CCOC1CCCN(C(=O)C(CC)C(N)=NO)C1. The Kier molecular flexibility index (Phi) is 5.91. The molecule has 0 aromatic rings. The molecule has 0 aliphatic carbocycles. The summed E-state index contributed by atoms with van der Waals surface area (Å²) in [7, 11) is 0. The van der Waals surface area contributed by atoms with Crippen molar-refractivity contribution in [2.24, 2.45) is 16.8 Å². The van der Waals surface area contributed by atoms with E-state index in [1.54, 1.807) is 4.90 Å². The highest BCUT2D eigenvalue weighted by Crippen LogP contribution is 2.17. The summed E-state index contributed by atoms with van der Waals surface area (Å²) in [5.74, 6) is -0.617. The Morgan fingerprint density at radius 2 is 2.33 bits per heavy atom. The van der Waals surface area contributed by atoms with Crippen molar-refractivity contribution in [1.29, 1.82) is 0 Å². The molecule has 6 heteroatoms. The molecule has 1 fully saturated rings. The van der Waals surface area contributed by atoms with Crippen molar-refractivity contribution in [3.63, 3.8) is 0 Å². The molecular formula is C12H23N3O3. The summed E-state index contributed by atoms with van der Waals surface area (Å²) < 4.78 is 5.56. The molecule has 1 amide bonds. The third-order valence-electron chi connectivity index (χ3n) is 3.27. The average Bonchev–Trinajstić information content (AvgIpc) is 2.40. The van der Waals surface area contributed by atoms with Gasteiger partial charge >= 0.3 is 0 Å². The van der Waals surface area contributed by atoms with Crippen LogP contribution in [-0.4, -0.2) is 47.7 Å². The van der Waals surface area contributed by atoms with Crippen molar-refractivity contribution < 1.29 is 14.7 Å². The van der Waals surface area contributed by atoms with Crippen LogP contribution in [-0.2, 0) is 9.53 Å². The second-order valence-electron chi connectivity index (χ2n) is 4.49. The third-order valence-corrected chi connectivity index (χ3v) is 3.27. The monoisotopic (exact) mass is 257 g/mol. The summed E-state index contributed by atoms with van der Waals surface area (Å²) in [6.07, 6.45) is 2.56. The molecule has 2 atom stereocenters. The maximum atomic E-state index is 12.3. The third kappa shape index (κ3) is 3.60. The molecule has 1 heterocycles. The number of ether oxygens (including phenoxy) is 1. The van der Waals surface area contributed by atoms with E-state index in [0.29, 0.717) is 19.6 Å². The number of hydrogen-bond acceptors (Lipinski definition) is 4. The molecule has 0 saturated carbocycles. The molecule has 1 aliphatic heterocycles. The number of rotatable bonds is 5. The molecule has 0 spiro atoms. The zero-order chi connectivity index (χ0) is 13.5. The van der Waals surface area contributed by atoms with Gasteiger partial charge in [0.25, 0.3) is 0 Å². The van der Waals surface area contributed by atoms with E-state index in [2.05, 4.69) is 5.16 Å². The number of carbonyl (C=O) groups is 1. The maximum absolute atomic E-state index is 12.3. The topological polar surface area (TPSA) is 88.2 Å². The van der Waals surface area contributed by atoms with Gasteiger partial charge in [-0.1, -0.05) is 12.1 Å². The minimum Gasteiger partial charge on any atom is -0.409 e. The lowest BCUT2D eigenvalue weighted by molar-refractivity contribution is -0.137. The Morgan fingerprint density at radius 3 is 2.89 bits per heavy atom. The largest absolute Gasteiger partial charge is 0.409 e. The normalized spacial score (nSPS) is 22.9. The molecule has 104 valence electrons. The fourth-order valence-electron chi connectivity index (χ4n) is 2.31. The molecule has 18 heavy (non-hydrogen) atoms. The Labute approximate surface area is 108 Å². The quantitative estimate of drug-likeness (QED) is 0.330. The number of amidine groups is 1.